The average molecular weight is 208 g/mol. The van der Waals surface area contributed by atoms with E-state index in [1.807, 2.05) is 12.1 Å². The first kappa shape index (κ1) is 7.39. The van der Waals surface area contributed by atoms with Gasteiger partial charge in [-0.2, -0.15) is 0 Å². The Balaban J connectivity index is 2.47. The summed E-state index contributed by atoms with van der Waals surface area (Å²) >= 11 is 2.54. The first-order valence-electron chi connectivity index (χ1n) is 3.73. The molecule has 2 rings (SSSR count). The molecule has 1 nitrogen and oxygen atoms in total. The van der Waals surface area contributed by atoms with Crippen molar-refractivity contribution in [1.29, 1.82) is 0 Å². The minimum atomic E-state index is -0.188. The van der Waals surface area contributed by atoms with Crippen LogP contribution in [0.25, 0.3) is 0 Å². The van der Waals surface area contributed by atoms with Crippen molar-refractivity contribution < 1.29 is 5.11 Å². The third kappa shape index (κ3) is 1.13. The molecule has 0 bridgehead atoms. The van der Waals surface area contributed by atoms with E-state index in [4.69, 9.17) is 0 Å². The molecule has 1 aliphatic carbocycles. The van der Waals surface area contributed by atoms with Gasteiger partial charge in [-0.15, -0.1) is 0 Å². The third-order valence-electron chi connectivity index (χ3n) is 2.17. The Morgan fingerprint density at radius 1 is 1.36 bits per heavy atom. The van der Waals surface area contributed by atoms with Gasteiger partial charge < -0.3 is 0 Å². The quantitative estimate of drug-likeness (QED) is 0.625. The molecule has 0 aromatic heterocycles. The molecule has 1 aromatic carbocycles. The first-order chi connectivity index (χ1) is 5.29. The number of hydrogen-bond donors (Lipinski definition) is 1. The van der Waals surface area contributed by atoms with Crippen molar-refractivity contribution in [1.82, 2.24) is 0 Å². The normalized spacial score (nSPS) is 28.5. The summed E-state index contributed by atoms with van der Waals surface area (Å²) < 4.78 is 0.263. The molecule has 1 aromatic rings. The molecule has 2 atom stereocenters. The standard InChI is InChI=1S/C9H9AsO/c10-9-7-4-2-1-3-6(7)5-8(9)11/h1-4,8-9,11H,5H2/t8-,9+/m0/s1. The van der Waals surface area contributed by atoms with E-state index in [9.17, 15) is 5.11 Å². The Hall–Kier alpha value is -0.262. The number of benzene rings is 1. The summed E-state index contributed by atoms with van der Waals surface area (Å²) in [5.74, 6) is 0. The molecule has 0 saturated heterocycles. The van der Waals surface area contributed by atoms with E-state index >= 15 is 0 Å². The van der Waals surface area contributed by atoms with Gasteiger partial charge in [-0.05, 0) is 0 Å². The van der Waals surface area contributed by atoms with E-state index in [1.165, 1.54) is 11.1 Å². The molecule has 1 N–H and O–H groups in total. The van der Waals surface area contributed by atoms with E-state index in [0.29, 0.717) is 0 Å². The van der Waals surface area contributed by atoms with Crippen LogP contribution in [0.2, 0.25) is 0 Å². The van der Waals surface area contributed by atoms with Crippen molar-refractivity contribution in [2.75, 3.05) is 0 Å². The Morgan fingerprint density at radius 2 is 2.09 bits per heavy atom. The van der Waals surface area contributed by atoms with E-state index in [0.717, 1.165) is 6.42 Å². The maximum atomic E-state index is 9.50. The topological polar surface area (TPSA) is 20.2 Å². The van der Waals surface area contributed by atoms with Gasteiger partial charge in [0.25, 0.3) is 0 Å². The zero-order valence-electron chi connectivity index (χ0n) is 6.07. The van der Waals surface area contributed by atoms with E-state index < -0.39 is 0 Å². The summed E-state index contributed by atoms with van der Waals surface area (Å²) in [6, 6.07) is 8.23. The molecule has 0 heterocycles. The van der Waals surface area contributed by atoms with Gasteiger partial charge in [-0.1, -0.05) is 0 Å². The molecule has 0 amide bonds. The fourth-order valence-electron chi connectivity index (χ4n) is 1.55. The molecule has 11 heavy (non-hydrogen) atoms. The summed E-state index contributed by atoms with van der Waals surface area (Å²) in [4.78, 5) is 0. The molecular weight excluding hydrogens is 199 g/mol. The third-order valence-corrected chi connectivity index (χ3v) is 3.47. The molecule has 0 unspecified atom stereocenters. The molecule has 2 radical (unpaired) electrons. The Bertz CT molecular complexity index is 272. The van der Waals surface area contributed by atoms with Crippen molar-refractivity contribution in [3.63, 3.8) is 0 Å². The summed E-state index contributed by atoms with van der Waals surface area (Å²) in [5, 5.41) is 9.50. The number of aliphatic hydroxyl groups is 1. The molecule has 0 fully saturated rings. The summed E-state index contributed by atoms with van der Waals surface area (Å²) in [6.07, 6.45) is 0.627. The van der Waals surface area contributed by atoms with Gasteiger partial charge in [0, 0.05) is 0 Å². The predicted octanol–water partition coefficient (Wildman–Crippen LogP) is 0.813. The summed E-state index contributed by atoms with van der Waals surface area (Å²) in [5.41, 5.74) is 2.59. The van der Waals surface area contributed by atoms with Crippen molar-refractivity contribution in [3.05, 3.63) is 35.4 Å². The molecular formula is C9H9AsO. The number of rotatable bonds is 0. The fraction of sp³-hybridized carbons (Fsp3) is 0.333. The van der Waals surface area contributed by atoms with Gasteiger partial charge in [0.2, 0.25) is 0 Å². The van der Waals surface area contributed by atoms with Gasteiger partial charge in [0.05, 0.1) is 0 Å². The van der Waals surface area contributed by atoms with Gasteiger partial charge in [-0.3, -0.25) is 0 Å². The van der Waals surface area contributed by atoms with Crippen LogP contribution >= 0.6 is 0 Å². The molecule has 0 spiro atoms. The monoisotopic (exact) mass is 208 g/mol. The zero-order valence-corrected chi connectivity index (χ0v) is 7.94. The van der Waals surface area contributed by atoms with Crippen LogP contribution in [0.15, 0.2) is 24.3 Å². The second kappa shape index (κ2) is 2.65. The van der Waals surface area contributed by atoms with Crippen LogP contribution in [-0.2, 0) is 6.42 Å². The predicted molar refractivity (Wildman–Crippen MR) is 44.6 cm³/mol. The van der Waals surface area contributed by atoms with Gasteiger partial charge in [0.15, 0.2) is 0 Å². The molecule has 0 aliphatic heterocycles. The van der Waals surface area contributed by atoms with Gasteiger partial charge in [-0.25, -0.2) is 0 Å². The van der Waals surface area contributed by atoms with E-state index in [-0.39, 0.29) is 10.8 Å². The maximum absolute atomic E-state index is 9.50. The fourth-order valence-corrected chi connectivity index (χ4v) is 2.30. The molecule has 0 saturated carbocycles. The average Bonchev–Trinajstić information content (AvgIpc) is 2.30. The van der Waals surface area contributed by atoms with E-state index in [2.05, 4.69) is 29.0 Å². The molecule has 2 heteroatoms. The second-order valence-corrected chi connectivity index (χ2v) is 4.08. The molecule has 1 aliphatic rings. The Morgan fingerprint density at radius 3 is 2.82 bits per heavy atom. The second-order valence-electron chi connectivity index (χ2n) is 2.92. The zero-order chi connectivity index (χ0) is 7.84. The van der Waals surface area contributed by atoms with Crippen LogP contribution in [-0.4, -0.2) is 28.1 Å². The molecule has 56 valence electrons. The van der Waals surface area contributed by atoms with Crippen LogP contribution < -0.4 is 0 Å². The van der Waals surface area contributed by atoms with Gasteiger partial charge >= 0.3 is 74.6 Å². The van der Waals surface area contributed by atoms with Crippen LogP contribution in [0.4, 0.5) is 0 Å². The summed E-state index contributed by atoms with van der Waals surface area (Å²) in [6.45, 7) is 0. The van der Waals surface area contributed by atoms with Crippen LogP contribution in [0, 0.1) is 0 Å². The van der Waals surface area contributed by atoms with Crippen LogP contribution in [0.5, 0.6) is 0 Å². The Kier molecular flexibility index (Phi) is 1.78. The SMILES string of the molecule is O[C@H]1Cc2ccccc2[C@H]1[As]. The Labute approximate surface area is 74.9 Å². The van der Waals surface area contributed by atoms with E-state index in [1.54, 1.807) is 0 Å². The number of aliphatic hydroxyl groups excluding tert-OH is 1. The van der Waals surface area contributed by atoms with Gasteiger partial charge in [0.1, 0.15) is 0 Å². The minimum absolute atomic E-state index is 0.188. The number of fused-ring (bicyclic) bond motifs is 1. The van der Waals surface area contributed by atoms with Crippen molar-refractivity contribution in [2.45, 2.75) is 17.2 Å². The van der Waals surface area contributed by atoms with Crippen molar-refractivity contribution >= 4 is 16.9 Å². The van der Waals surface area contributed by atoms with Crippen LogP contribution in [0.3, 0.4) is 0 Å². The number of hydrogen-bond acceptors (Lipinski definition) is 1. The summed E-state index contributed by atoms with van der Waals surface area (Å²) in [7, 11) is 0. The van der Waals surface area contributed by atoms with Crippen LogP contribution in [0.1, 0.15) is 15.8 Å². The van der Waals surface area contributed by atoms with Crippen molar-refractivity contribution in [3.8, 4) is 0 Å². The first-order valence-corrected chi connectivity index (χ1v) is 4.81. The van der Waals surface area contributed by atoms with Crippen molar-refractivity contribution in [2.24, 2.45) is 0 Å².